The molecule has 5 nitrogen and oxygen atoms in total. The Morgan fingerprint density at radius 3 is 2.77 bits per heavy atom. The van der Waals surface area contributed by atoms with Gasteiger partial charge in [0, 0.05) is 6.07 Å². The number of anilines is 1. The molecular weight excluding hydrogens is 283 g/mol. The second-order valence-corrected chi connectivity index (χ2v) is 2.29. The number of nitrogens with one attached hydrogen (secondary N) is 1. The van der Waals surface area contributed by atoms with Gasteiger partial charge in [-0.15, -0.1) is 0 Å². The molecule has 13 heavy (non-hydrogen) atoms. The molecule has 0 aliphatic rings. The van der Waals surface area contributed by atoms with Crippen LogP contribution in [-0.4, -0.2) is 10.3 Å². The third-order valence-electron chi connectivity index (χ3n) is 1.49. The van der Waals surface area contributed by atoms with Crippen LogP contribution >= 0.6 is 0 Å². The van der Waals surface area contributed by atoms with Crippen LogP contribution in [0.15, 0.2) is 29.2 Å². The maximum atomic E-state index is 5.49. The van der Waals surface area contributed by atoms with Crippen molar-refractivity contribution in [1.29, 1.82) is 0 Å². The summed E-state index contributed by atoms with van der Waals surface area (Å²) < 4.78 is 4.46. The zero-order chi connectivity index (χ0) is 8.39. The van der Waals surface area contributed by atoms with Crippen LogP contribution in [0.3, 0.4) is 0 Å². The van der Waals surface area contributed by atoms with Crippen LogP contribution in [0, 0.1) is 0 Å². The summed E-state index contributed by atoms with van der Waals surface area (Å²) in [6.45, 7) is 0. The second-order valence-electron chi connectivity index (χ2n) is 2.29. The molecule has 0 radical (unpaired) electrons. The normalized spacial score (nSPS) is 9.23. The number of aromatic nitrogens is 3. The molecule has 0 spiro atoms. The van der Waals surface area contributed by atoms with E-state index >= 15 is 0 Å². The predicted octanol–water partition coefficient (Wildman–Crippen LogP) is -2.86. The van der Waals surface area contributed by atoms with Gasteiger partial charge in [-0.1, -0.05) is 0 Å². The van der Waals surface area contributed by atoms with Crippen molar-refractivity contribution in [2.75, 3.05) is 5.73 Å². The summed E-state index contributed by atoms with van der Waals surface area (Å²) in [6, 6.07) is 3.72. The highest BCUT2D eigenvalue weighted by molar-refractivity contribution is 5.67. The van der Waals surface area contributed by atoms with Gasteiger partial charge in [0.15, 0.2) is 23.9 Å². The summed E-state index contributed by atoms with van der Waals surface area (Å²) in [4.78, 5) is 2.91. The number of nitrogens with zero attached hydrogens (tertiary/aromatic N) is 2. The van der Waals surface area contributed by atoms with Crippen molar-refractivity contribution in [2.24, 2.45) is 0 Å². The molecule has 0 atom stereocenters. The number of hydrogen-bond donors (Lipinski definition) is 1. The first-order chi connectivity index (χ1) is 5.88. The van der Waals surface area contributed by atoms with E-state index < -0.39 is 0 Å². The molecule has 2 aromatic rings. The van der Waals surface area contributed by atoms with Gasteiger partial charge in [0.25, 0.3) is 0 Å². The predicted molar refractivity (Wildman–Crippen MR) is 40.7 cm³/mol. The number of pyridine rings is 1. The van der Waals surface area contributed by atoms with E-state index in [1.165, 1.54) is 0 Å². The van der Waals surface area contributed by atoms with E-state index in [0.717, 1.165) is 5.56 Å². The van der Waals surface area contributed by atoms with Crippen molar-refractivity contribution >= 4 is 5.82 Å². The van der Waals surface area contributed by atoms with E-state index in [1.807, 2.05) is 12.1 Å². The number of halogens is 1. The monoisotopic (exact) mass is 290 g/mol. The Morgan fingerprint density at radius 2 is 2.23 bits per heavy atom. The summed E-state index contributed by atoms with van der Waals surface area (Å²) in [6.07, 6.45) is 3.57. The molecule has 0 unspecified atom stereocenters. The molecule has 6 heteroatoms. The van der Waals surface area contributed by atoms with Crippen LogP contribution in [0.25, 0.3) is 11.3 Å². The summed E-state index contributed by atoms with van der Waals surface area (Å²) in [5.41, 5.74) is 6.91. The molecule has 2 rings (SSSR count). The van der Waals surface area contributed by atoms with Gasteiger partial charge in [-0.3, -0.25) is 0 Å². The largest absolute Gasteiger partial charge is 1.00 e. The average Bonchev–Trinajstić information content (AvgIpc) is 2.53. The molecule has 0 aliphatic carbocycles. The Hall–Kier alpha value is -1.18. The van der Waals surface area contributed by atoms with Crippen LogP contribution in [0.5, 0.6) is 0 Å². The summed E-state index contributed by atoms with van der Waals surface area (Å²) >= 11 is 0. The van der Waals surface area contributed by atoms with Gasteiger partial charge < -0.3 is 29.7 Å². The van der Waals surface area contributed by atoms with E-state index in [1.54, 1.807) is 12.4 Å². The zero-order valence-corrected chi connectivity index (χ0v) is 8.72. The molecule has 3 N–H and O–H groups in total. The number of nitrogens with two attached hydrogens (primary N) is 1. The highest BCUT2D eigenvalue weighted by Crippen LogP contribution is 2.18. The number of hydrogen-bond acceptors (Lipinski definition) is 4. The lowest BCUT2D eigenvalue weighted by Crippen LogP contribution is -3.00. The minimum absolute atomic E-state index is 0. The fourth-order valence-corrected chi connectivity index (χ4v) is 0.936. The molecule has 0 aromatic carbocycles. The molecule has 0 saturated heterocycles. The highest BCUT2D eigenvalue weighted by atomic mass is 127. The molecule has 2 aromatic heterocycles. The summed E-state index contributed by atoms with van der Waals surface area (Å²) in [5.74, 6) is 0.301. The molecule has 0 aliphatic heterocycles. The maximum Gasteiger partial charge on any atom is 0.196 e. The molecule has 68 valence electrons. The Kier molecular flexibility index (Phi) is 3.18. The second kappa shape index (κ2) is 4.17. The van der Waals surface area contributed by atoms with Crippen LogP contribution < -0.4 is 34.7 Å². The maximum absolute atomic E-state index is 5.49. The summed E-state index contributed by atoms with van der Waals surface area (Å²) in [5, 5.41) is 7.13. The van der Waals surface area contributed by atoms with E-state index in [9.17, 15) is 0 Å². The van der Waals surface area contributed by atoms with E-state index in [-0.39, 0.29) is 24.0 Å². The number of H-pyrrole nitrogens is 1. The first-order valence-corrected chi connectivity index (χ1v) is 3.42. The van der Waals surface area contributed by atoms with Gasteiger partial charge in [0.2, 0.25) is 0 Å². The third-order valence-corrected chi connectivity index (χ3v) is 1.49. The van der Waals surface area contributed by atoms with Gasteiger partial charge in [-0.25, -0.2) is 9.61 Å². The lowest BCUT2D eigenvalue weighted by Gasteiger charge is -1.88. The lowest BCUT2D eigenvalue weighted by atomic mass is 10.2. The van der Waals surface area contributed by atoms with Crippen LogP contribution in [-0.2, 0) is 0 Å². The van der Waals surface area contributed by atoms with Crippen LogP contribution in [0.1, 0.15) is 0 Å². The van der Waals surface area contributed by atoms with Crippen molar-refractivity contribution in [1.82, 2.24) is 10.3 Å². The number of aromatic amines is 1. The fraction of sp³-hybridized carbons (Fsp3) is 0. The van der Waals surface area contributed by atoms with Gasteiger partial charge in [0.05, 0.1) is 5.56 Å². The minimum atomic E-state index is 0. The fourth-order valence-electron chi connectivity index (χ4n) is 0.936. The van der Waals surface area contributed by atoms with Crippen molar-refractivity contribution in [3.8, 4) is 11.3 Å². The summed E-state index contributed by atoms with van der Waals surface area (Å²) in [7, 11) is 0. The molecule has 2 heterocycles. The highest BCUT2D eigenvalue weighted by Gasteiger charge is 2.09. The standard InChI is InChI=1S/C7H6N4O.HI/c8-7-6(10-12-11-7)5-2-1-3-9-4-5;/h1-4H,(H2,8,11);1H. The molecule has 0 bridgehead atoms. The van der Waals surface area contributed by atoms with Crippen LogP contribution in [0.4, 0.5) is 5.82 Å². The third kappa shape index (κ3) is 1.94. The first kappa shape index (κ1) is 9.90. The Labute approximate surface area is 91.3 Å². The van der Waals surface area contributed by atoms with Gasteiger partial charge in [-0.2, -0.15) is 0 Å². The minimum Gasteiger partial charge on any atom is -1.00 e. The van der Waals surface area contributed by atoms with Crippen molar-refractivity contribution in [3.05, 3.63) is 24.5 Å². The zero-order valence-electron chi connectivity index (χ0n) is 6.57. The first-order valence-electron chi connectivity index (χ1n) is 3.42. The number of rotatable bonds is 1. The average molecular weight is 290 g/mol. The van der Waals surface area contributed by atoms with E-state index in [2.05, 4.69) is 19.9 Å². The smallest absolute Gasteiger partial charge is 0.196 e. The quantitative estimate of drug-likeness (QED) is 0.573. The lowest BCUT2D eigenvalue weighted by molar-refractivity contribution is -0.377. The van der Waals surface area contributed by atoms with Crippen molar-refractivity contribution in [2.45, 2.75) is 0 Å². The van der Waals surface area contributed by atoms with Gasteiger partial charge in [-0.05, 0) is 16.4 Å². The molecule has 0 fully saturated rings. The molecule has 0 saturated carbocycles. The molecular formula is C7H7IN4O. The van der Waals surface area contributed by atoms with Crippen molar-refractivity contribution in [3.63, 3.8) is 0 Å². The Morgan fingerprint density at radius 1 is 1.38 bits per heavy atom. The Bertz CT molecular complexity index is 375. The van der Waals surface area contributed by atoms with Crippen molar-refractivity contribution < 1.29 is 33.6 Å². The van der Waals surface area contributed by atoms with Gasteiger partial charge in [0.1, 0.15) is 0 Å². The van der Waals surface area contributed by atoms with Gasteiger partial charge >= 0.3 is 0 Å². The SMILES string of the molecule is Nc1nonc1-c1ccc[nH+]c1.[I-]. The van der Waals surface area contributed by atoms with Crippen LogP contribution in [0.2, 0.25) is 0 Å². The topological polar surface area (TPSA) is 79.1 Å². The van der Waals surface area contributed by atoms with E-state index in [0.29, 0.717) is 11.5 Å². The Balaban J connectivity index is 0.000000845. The molecule has 0 amide bonds. The number of nitrogen functional groups attached to an aromatic ring is 1. The van der Waals surface area contributed by atoms with E-state index in [4.69, 9.17) is 5.73 Å².